The second-order valence-electron chi connectivity index (χ2n) is 6.99. The van der Waals surface area contributed by atoms with Gasteiger partial charge in [-0.1, -0.05) is 24.3 Å². The molecule has 2 aliphatic rings. The van der Waals surface area contributed by atoms with Gasteiger partial charge in [0.25, 0.3) is 5.91 Å². The summed E-state index contributed by atoms with van der Waals surface area (Å²) in [6.07, 6.45) is 5.24. The molecule has 0 spiro atoms. The van der Waals surface area contributed by atoms with Gasteiger partial charge in [0, 0.05) is 17.9 Å². The maximum absolute atomic E-state index is 13.2. The van der Waals surface area contributed by atoms with Crippen LogP contribution in [0.15, 0.2) is 53.4 Å². The molecule has 1 fully saturated rings. The molecule has 25 heavy (non-hydrogen) atoms. The summed E-state index contributed by atoms with van der Waals surface area (Å²) < 4.78 is 23.2. The average molecular weight is 355 g/mol. The molecule has 130 valence electrons. The number of amides is 1. The minimum absolute atomic E-state index is 0.00394. The van der Waals surface area contributed by atoms with Gasteiger partial charge < -0.3 is 4.90 Å². The highest BCUT2D eigenvalue weighted by molar-refractivity contribution is 7.90. The van der Waals surface area contributed by atoms with Gasteiger partial charge in [0.15, 0.2) is 9.84 Å². The maximum atomic E-state index is 13.2. The smallest absolute Gasteiger partial charge is 0.254 e. The first-order chi connectivity index (χ1) is 11.9. The molecule has 1 atom stereocenters. The summed E-state index contributed by atoms with van der Waals surface area (Å²) in [5, 5.41) is 0. The van der Waals surface area contributed by atoms with E-state index in [1.807, 2.05) is 11.0 Å². The summed E-state index contributed by atoms with van der Waals surface area (Å²) in [4.78, 5) is 15.4. The number of rotatable bonds is 4. The third-order valence-corrected chi connectivity index (χ3v) is 6.27. The first-order valence-electron chi connectivity index (χ1n) is 8.66. The molecule has 0 saturated heterocycles. The maximum Gasteiger partial charge on any atom is 0.254 e. The van der Waals surface area contributed by atoms with Gasteiger partial charge in [0.2, 0.25) is 0 Å². The van der Waals surface area contributed by atoms with Crippen LogP contribution in [-0.2, 0) is 16.3 Å². The third-order valence-electron chi connectivity index (χ3n) is 5.14. The summed E-state index contributed by atoms with van der Waals surface area (Å²) in [5.74, 6) is 0.00394. The standard InChI is InChI=1S/C20H21NO3S/c1-25(23,24)17-11-6-15(7-12-17)20(22)21(16-9-10-16)19-13-8-14-4-2-3-5-18(14)19/h2-7,11-12,16,19H,8-10,13H2,1H3/t19-/m1/s1. The lowest BCUT2D eigenvalue weighted by Gasteiger charge is -2.30. The molecule has 4 nitrogen and oxygen atoms in total. The van der Waals surface area contributed by atoms with Crippen molar-refractivity contribution >= 4 is 15.7 Å². The zero-order valence-corrected chi connectivity index (χ0v) is 15.0. The van der Waals surface area contributed by atoms with Gasteiger partial charge in [-0.3, -0.25) is 4.79 Å². The van der Waals surface area contributed by atoms with Crippen LogP contribution in [0.4, 0.5) is 0 Å². The van der Waals surface area contributed by atoms with Crippen molar-refractivity contribution in [3.8, 4) is 0 Å². The predicted molar refractivity (Wildman–Crippen MR) is 96.2 cm³/mol. The Bertz CT molecular complexity index is 914. The van der Waals surface area contributed by atoms with E-state index in [1.165, 1.54) is 29.5 Å². The number of aryl methyl sites for hydroxylation is 1. The molecule has 0 heterocycles. The summed E-state index contributed by atoms with van der Waals surface area (Å²) in [7, 11) is -3.25. The van der Waals surface area contributed by atoms with E-state index in [9.17, 15) is 13.2 Å². The zero-order chi connectivity index (χ0) is 17.6. The van der Waals surface area contributed by atoms with Gasteiger partial charge in [0.05, 0.1) is 10.9 Å². The average Bonchev–Trinajstić information content (AvgIpc) is 3.34. The van der Waals surface area contributed by atoms with E-state index in [0.29, 0.717) is 11.6 Å². The van der Waals surface area contributed by atoms with Crippen LogP contribution in [0.3, 0.4) is 0 Å². The summed E-state index contributed by atoms with van der Waals surface area (Å²) >= 11 is 0. The van der Waals surface area contributed by atoms with Crippen molar-refractivity contribution < 1.29 is 13.2 Å². The molecule has 2 aromatic rings. The van der Waals surface area contributed by atoms with Crippen molar-refractivity contribution in [2.45, 2.75) is 42.7 Å². The van der Waals surface area contributed by atoms with Crippen LogP contribution in [0, 0.1) is 0 Å². The lowest BCUT2D eigenvalue weighted by Crippen LogP contribution is -2.36. The fourth-order valence-corrected chi connectivity index (χ4v) is 4.36. The molecule has 4 rings (SSSR count). The van der Waals surface area contributed by atoms with Crippen molar-refractivity contribution in [2.24, 2.45) is 0 Å². The Morgan fingerprint density at radius 1 is 1.00 bits per heavy atom. The van der Waals surface area contributed by atoms with Crippen LogP contribution >= 0.6 is 0 Å². The van der Waals surface area contributed by atoms with Crippen LogP contribution in [0.1, 0.15) is 46.8 Å². The van der Waals surface area contributed by atoms with Crippen molar-refractivity contribution in [3.05, 3.63) is 65.2 Å². The Morgan fingerprint density at radius 2 is 1.68 bits per heavy atom. The molecule has 1 saturated carbocycles. The Kier molecular flexibility index (Phi) is 3.91. The minimum Gasteiger partial charge on any atom is -0.329 e. The van der Waals surface area contributed by atoms with E-state index in [2.05, 4.69) is 18.2 Å². The number of fused-ring (bicyclic) bond motifs is 1. The molecule has 5 heteroatoms. The first kappa shape index (κ1) is 16.3. The van der Waals surface area contributed by atoms with Crippen molar-refractivity contribution in [2.75, 3.05) is 6.26 Å². The number of hydrogen-bond acceptors (Lipinski definition) is 3. The van der Waals surface area contributed by atoms with Crippen LogP contribution in [0.25, 0.3) is 0 Å². The molecule has 0 bridgehead atoms. The molecule has 2 aromatic carbocycles. The number of sulfone groups is 1. The number of hydrogen-bond donors (Lipinski definition) is 0. The minimum atomic E-state index is -3.25. The Balaban J connectivity index is 1.65. The Morgan fingerprint density at radius 3 is 2.32 bits per heavy atom. The molecular formula is C20H21NO3S. The van der Waals surface area contributed by atoms with Gasteiger partial charge in [-0.25, -0.2) is 8.42 Å². The van der Waals surface area contributed by atoms with Crippen molar-refractivity contribution in [1.82, 2.24) is 4.90 Å². The van der Waals surface area contributed by atoms with E-state index in [0.717, 1.165) is 25.7 Å². The molecule has 2 aliphatic carbocycles. The van der Waals surface area contributed by atoms with Gasteiger partial charge in [-0.05, 0) is 61.1 Å². The van der Waals surface area contributed by atoms with Crippen LogP contribution in [0.2, 0.25) is 0 Å². The Hall–Kier alpha value is -2.14. The number of carbonyl (C=O) groups is 1. The molecule has 0 unspecified atom stereocenters. The molecule has 0 N–H and O–H groups in total. The van der Waals surface area contributed by atoms with Gasteiger partial charge in [-0.2, -0.15) is 0 Å². The normalized spacial score (nSPS) is 19.5. The van der Waals surface area contributed by atoms with E-state index < -0.39 is 9.84 Å². The summed E-state index contributed by atoms with van der Waals surface area (Å²) in [6, 6.07) is 15.1. The SMILES string of the molecule is CS(=O)(=O)c1ccc(C(=O)N(C2CC2)[C@@H]2CCc3ccccc32)cc1. The van der Waals surface area contributed by atoms with E-state index in [4.69, 9.17) is 0 Å². The van der Waals surface area contributed by atoms with Crippen molar-refractivity contribution in [3.63, 3.8) is 0 Å². The highest BCUT2D eigenvalue weighted by Gasteiger charge is 2.40. The number of nitrogens with zero attached hydrogens (tertiary/aromatic N) is 1. The molecule has 0 aliphatic heterocycles. The van der Waals surface area contributed by atoms with Gasteiger partial charge in [0.1, 0.15) is 0 Å². The fourth-order valence-electron chi connectivity index (χ4n) is 3.73. The lowest BCUT2D eigenvalue weighted by molar-refractivity contribution is 0.0658. The van der Waals surface area contributed by atoms with Crippen LogP contribution in [0.5, 0.6) is 0 Å². The molecule has 0 aromatic heterocycles. The largest absolute Gasteiger partial charge is 0.329 e. The van der Waals surface area contributed by atoms with Gasteiger partial charge in [-0.15, -0.1) is 0 Å². The second-order valence-corrected chi connectivity index (χ2v) is 9.01. The predicted octanol–water partition coefficient (Wildman–Crippen LogP) is 3.38. The van der Waals surface area contributed by atoms with Gasteiger partial charge >= 0.3 is 0 Å². The van der Waals surface area contributed by atoms with Crippen molar-refractivity contribution in [1.29, 1.82) is 0 Å². The first-order valence-corrected chi connectivity index (χ1v) is 10.5. The number of carbonyl (C=O) groups excluding carboxylic acids is 1. The highest BCUT2D eigenvalue weighted by atomic mass is 32.2. The topological polar surface area (TPSA) is 54.5 Å². The van der Waals surface area contributed by atoms with E-state index in [-0.39, 0.29) is 16.8 Å². The molecule has 1 amide bonds. The zero-order valence-electron chi connectivity index (χ0n) is 14.2. The summed E-state index contributed by atoms with van der Waals surface area (Å²) in [5.41, 5.74) is 3.15. The molecular weight excluding hydrogens is 334 g/mol. The van der Waals surface area contributed by atoms with E-state index in [1.54, 1.807) is 12.1 Å². The van der Waals surface area contributed by atoms with E-state index >= 15 is 0 Å². The number of benzene rings is 2. The lowest BCUT2D eigenvalue weighted by atomic mass is 10.1. The summed E-state index contributed by atoms with van der Waals surface area (Å²) in [6.45, 7) is 0. The van der Waals surface area contributed by atoms with Crippen LogP contribution in [-0.4, -0.2) is 31.5 Å². The molecule has 0 radical (unpaired) electrons. The highest BCUT2D eigenvalue weighted by Crippen LogP contribution is 2.42. The third kappa shape index (κ3) is 3.09. The second kappa shape index (κ2) is 5.99. The monoisotopic (exact) mass is 355 g/mol. The Labute approximate surface area is 148 Å². The fraction of sp³-hybridized carbons (Fsp3) is 0.350. The van der Waals surface area contributed by atoms with Crippen LogP contribution < -0.4 is 0 Å². The quantitative estimate of drug-likeness (QED) is 0.845.